The molecule has 0 aliphatic carbocycles. The van der Waals surface area contributed by atoms with Crippen molar-refractivity contribution in [3.05, 3.63) is 89.0 Å². The number of benzene rings is 3. The second-order valence-electron chi connectivity index (χ2n) is 8.00. The molecule has 0 saturated heterocycles. The third kappa shape index (κ3) is 4.94. The molecule has 3 aromatic rings. The fourth-order valence-electron chi connectivity index (χ4n) is 3.68. The summed E-state index contributed by atoms with van der Waals surface area (Å²) in [5.41, 5.74) is 5.07. The molecule has 0 radical (unpaired) electrons. The van der Waals surface area contributed by atoms with Crippen LogP contribution in [0.5, 0.6) is 5.75 Å². The summed E-state index contributed by atoms with van der Waals surface area (Å²) in [6, 6.07) is 19.6. The number of nitrogens with zero attached hydrogens (tertiary/aromatic N) is 1. The largest absolute Gasteiger partial charge is 0.484 e. The number of ether oxygens (including phenoxy) is 1. The zero-order chi connectivity index (χ0) is 22.7. The number of hydrogen-bond donors (Lipinski definition) is 1. The van der Waals surface area contributed by atoms with E-state index in [1.807, 2.05) is 38.1 Å². The Morgan fingerprint density at radius 3 is 2.41 bits per heavy atom. The van der Waals surface area contributed by atoms with Crippen LogP contribution in [0, 0.1) is 13.8 Å². The number of fused-ring (bicyclic) bond motifs is 1. The number of carbonyl (C=O) groups is 1. The Balaban J connectivity index is 1.35. The van der Waals surface area contributed by atoms with E-state index in [4.69, 9.17) is 4.74 Å². The summed E-state index contributed by atoms with van der Waals surface area (Å²) >= 11 is 0. The Hall–Kier alpha value is -3.32. The van der Waals surface area contributed by atoms with E-state index in [-0.39, 0.29) is 17.4 Å². The highest BCUT2D eigenvalue weighted by Crippen LogP contribution is 2.22. The maximum Gasteiger partial charge on any atom is 0.261 e. The standard InChI is InChI=1S/C25H26N2O4S/c1-18-7-8-22(15-19(18)2)26-32(29,30)24-11-9-23(10-12-24)31-17-25(28)27-14-13-20-5-3-4-6-21(20)16-27/h3-12,15,26H,13-14,16-17H2,1-2H3. The second-order valence-corrected chi connectivity index (χ2v) is 9.68. The summed E-state index contributed by atoms with van der Waals surface area (Å²) in [6.07, 6.45) is 0.835. The second kappa shape index (κ2) is 9.04. The molecule has 3 aromatic carbocycles. The molecule has 0 fully saturated rings. The average molecular weight is 451 g/mol. The van der Waals surface area contributed by atoms with E-state index >= 15 is 0 Å². The van der Waals surface area contributed by atoms with Crippen molar-refractivity contribution < 1.29 is 17.9 Å². The first-order chi connectivity index (χ1) is 15.3. The number of sulfonamides is 1. The van der Waals surface area contributed by atoms with Gasteiger partial charge in [-0.15, -0.1) is 0 Å². The normalized spacial score (nSPS) is 13.4. The number of hydrogen-bond acceptors (Lipinski definition) is 4. The zero-order valence-electron chi connectivity index (χ0n) is 18.2. The molecule has 0 atom stereocenters. The highest BCUT2D eigenvalue weighted by molar-refractivity contribution is 7.92. The first-order valence-electron chi connectivity index (χ1n) is 10.5. The van der Waals surface area contributed by atoms with Crippen LogP contribution in [0.1, 0.15) is 22.3 Å². The fourth-order valence-corrected chi connectivity index (χ4v) is 4.73. The molecule has 1 aliphatic heterocycles. The van der Waals surface area contributed by atoms with Gasteiger partial charge in [-0.25, -0.2) is 8.42 Å². The minimum Gasteiger partial charge on any atom is -0.484 e. The van der Waals surface area contributed by atoms with E-state index in [0.29, 0.717) is 24.5 Å². The minimum atomic E-state index is -3.72. The van der Waals surface area contributed by atoms with Gasteiger partial charge in [-0.3, -0.25) is 9.52 Å². The van der Waals surface area contributed by atoms with Crippen LogP contribution in [0.3, 0.4) is 0 Å². The first-order valence-corrected chi connectivity index (χ1v) is 12.0. The Labute approximate surface area is 188 Å². The van der Waals surface area contributed by atoms with Gasteiger partial charge in [-0.1, -0.05) is 30.3 Å². The molecule has 4 rings (SSSR count). The molecule has 1 heterocycles. The number of nitrogens with one attached hydrogen (secondary N) is 1. The highest BCUT2D eigenvalue weighted by Gasteiger charge is 2.21. The van der Waals surface area contributed by atoms with Crippen molar-refractivity contribution in [3.8, 4) is 5.75 Å². The van der Waals surface area contributed by atoms with E-state index in [1.165, 1.54) is 17.7 Å². The van der Waals surface area contributed by atoms with Crippen LogP contribution in [-0.2, 0) is 27.8 Å². The third-order valence-electron chi connectivity index (χ3n) is 5.74. The smallest absolute Gasteiger partial charge is 0.261 e. The van der Waals surface area contributed by atoms with Crippen LogP contribution in [-0.4, -0.2) is 32.4 Å². The van der Waals surface area contributed by atoms with Crippen molar-refractivity contribution in [3.63, 3.8) is 0 Å². The van der Waals surface area contributed by atoms with Gasteiger partial charge in [0.15, 0.2) is 6.61 Å². The van der Waals surface area contributed by atoms with Crippen LogP contribution in [0.2, 0.25) is 0 Å². The van der Waals surface area contributed by atoms with E-state index < -0.39 is 10.0 Å². The van der Waals surface area contributed by atoms with Crippen molar-refractivity contribution in [2.75, 3.05) is 17.9 Å². The molecule has 1 N–H and O–H groups in total. The summed E-state index contributed by atoms with van der Waals surface area (Å²) < 4.78 is 33.6. The van der Waals surface area contributed by atoms with E-state index in [2.05, 4.69) is 10.8 Å². The Morgan fingerprint density at radius 2 is 1.69 bits per heavy atom. The maximum atomic E-state index is 12.7. The monoisotopic (exact) mass is 450 g/mol. The zero-order valence-corrected chi connectivity index (χ0v) is 19.0. The van der Waals surface area contributed by atoms with E-state index in [9.17, 15) is 13.2 Å². The summed E-state index contributed by atoms with van der Waals surface area (Å²) in [5.74, 6) is 0.355. The molecule has 32 heavy (non-hydrogen) atoms. The topological polar surface area (TPSA) is 75.7 Å². The van der Waals surface area contributed by atoms with Crippen LogP contribution in [0.15, 0.2) is 71.6 Å². The van der Waals surface area contributed by atoms with Crippen molar-refractivity contribution >= 4 is 21.6 Å². The van der Waals surface area contributed by atoms with E-state index in [1.54, 1.807) is 29.2 Å². The number of aryl methyl sites for hydroxylation is 2. The third-order valence-corrected chi connectivity index (χ3v) is 7.14. The van der Waals surface area contributed by atoms with Crippen LogP contribution in [0.4, 0.5) is 5.69 Å². The van der Waals surface area contributed by atoms with Gasteiger partial charge in [0.25, 0.3) is 15.9 Å². The Kier molecular flexibility index (Phi) is 6.19. The Bertz CT molecular complexity index is 1240. The number of amides is 1. The Morgan fingerprint density at radius 1 is 0.969 bits per heavy atom. The van der Waals surface area contributed by atoms with Gasteiger partial charge in [0.1, 0.15) is 5.75 Å². The number of anilines is 1. The number of rotatable bonds is 6. The summed E-state index contributed by atoms with van der Waals surface area (Å²) in [7, 11) is -3.72. The molecular weight excluding hydrogens is 424 g/mol. The van der Waals surface area contributed by atoms with Gasteiger partial charge in [0.05, 0.1) is 4.90 Å². The molecule has 1 amide bonds. The molecule has 0 unspecified atom stereocenters. The predicted molar refractivity (Wildman–Crippen MR) is 124 cm³/mol. The van der Waals surface area contributed by atoms with Crippen molar-refractivity contribution in [1.29, 1.82) is 0 Å². The lowest BCUT2D eigenvalue weighted by Gasteiger charge is -2.28. The summed E-state index contributed by atoms with van der Waals surface area (Å²) in [5, 5.41) is 0. The fraction of sp³-hybridized carbons (Fsp3) is 0.240. The molecule has 6 nitrogen and oxygen atoms in total. The van der Waals surface area contributed by atoms with Gasteiger partial charge in [-0.05, 0) is 78.9 Å². The highest BCUT2D eigenvalue weighted by atomic mass is 32.2. The SMILES string of the molecule is Cc1ccc(NS(=O)(=O)c2ccc(OCC(=O)N3CCc4ccccc4C3)cc2)cc1C. The quantitative estimate of drug-likeness (QED) is 0.614. The maximum absolute atomic E-state index is 12.7. The lowest BCUT2D eigenvalue weighted by Crippen LogP contribution is -2.38. The van der Waals surface area contributed by atoms with Crippen molar-refractivity contribution in [2.45, 2.75) is 31.7 Å². The van der Waals surface area contributed by atoms with Gasteiger partial charge in [0.2, 0.25) is 0 Å². The van der Waals surface area contributed by atoms with Gasteiger partial charge in [-0.2, -0.15) is 0 Å². The van der Waals surface area contributed by atoms with Crippen LogP contribution >= 0.6 is 0 Å². The molecule has 1 aliphatic rings. The molecule has 0 saturated carbocycles. The summed E-state index contributed by atoms with van der Waals surface area (Å²) in [4.78, 5) is 14.5. The average Bonchev–Trinajstić information content (AvgIpc) is 2.79. The van der Waals surface area contributed by atoms with Gasteiger partial charge in [0, 0.05) is 18.8 Å². The minimum absolute atomic E-state index is 0.0881. The lowest BCUT2D eigenvalue weighted by atomic mass is 10.00. The molecular formula is C25H26N2O4S. The molecule has 166 valence electrons. The molecule has 0 spiro atoms. The van der Waals surface area contributed by atoms with E-state index in [0.717, 1.165) is 23.1 Å². The summed E-state index contributed by atoms with van der Waals surface area (Å²) in [6.45, 7) is 5.07. The predicted octanol–water partition coefficient (Wildman–Crippen LogP) is 4.07. The lowest BCUT2D eigenvalue weighted by molar-refractivity contribution is -0.134. The molecule has 0 bridgehead atoms. The van der Waals surface area contributed by atoms with Crippen molar-refractivity contribution in [2.24, 2.45) is 0 Å². The first kappa shape index (κ1) is 21.9. The van der Waals surface area contributed by atoms with Gasteiger partial charge >= 0.3 is 0 Å². The molecule has 0 aromatic heterocycles. The van der Waals surface area contributed by atoms with Gasteiger partial charge < -0.3 is 9.64 Å². The molecule has 7 heteroatoms. The number of carbonyl (C=O) groups excluding carboxylic acids is 1. The van der Waals surface area contributed by atoms with Crippen LogP contribution < -0.4 is 9.46 Å². The van der Waals surface area contributed by atoms with Crippen LogP contribution in [0.25, 0.3) is 0 Å². The van der Waals surface area contributed by atoms with Crippen molar-refractivity contribution in [1.82, 2.24) is 4.90 Å².